The fraction of sp³-hybridized carbons (Fsp3) is 0.269. The predicted molar refractivity (Wildman–Crippen MR) is 130 cm³/mol. The molecule has 186 valence electrons. The Labute approximate surface area is 205 Å². The van der Waals surface area contributed by atoms with Crippen molar-refractivity contribution in [1.29, 1.82) is 0 Å². The predicted octanol–water partition coefficient (Wildman–Crippen LogP) is 5.05. The zero-order chi connectivity index (χ0) is 25.6. The molecular weight excluding hydrogens is 473 g/mol. The number of hydrogen-bond donors (Lipinski definition) is 0. The number of halogens is 1. The number of amides is 1. The first kappa shape index (κ1) is 26.0. The Morgan fingerprint density at radius 1 is 0.971 bits per heavy atom. The van der Waals surface area contributed by atoms with Gasteiger partial charge in [-0.05, 0) is 67.4 Å². The number of rotatable bonds is 10. The monoisotopic (exact) mass is 501 g/mol. The molecule has 0 spiro atoms. The fourth-order valence-electron chi connectivity index (χ4n) is 3.45. The first-order valence-electron chi connectivity index (χ1n) is 11.0. The van der Waals surface area contributed by atoms with Crippen molar-refractivity contribution in [3.63, 3.8) is 0 Å². The van der Waals surface area contributed by atoms with Gasteiger partial charge in [-0.2, -0.15) is 8.42 Å². The first-order valence-corrected chi connectivity index (χ1v) is 12.4. The van der Waals surface area contributed by atoms with Gasteiger partial charge in [-0.3, -0.25) is 4.79 Å². The quantitative estimate of drug-likeness (QED) is 0.362. The lowest BCUT2D eigenvalue weighted by Crippen LogP contribution is -2.38. The van der Waals surface area contributed by atoms with Crippen LogP contribution < -0.4 is 13.7 Å². The van der Waals surface area contributed by atoms with Crippen LogP contribution in [0.2, 0.25) is 0 Å². The molecule has 0 radical (unpaired) electrons. The van der Waals surface area contributed by atoms with Crippen LogP contribution >= 0.6 is 0 Å². The van der Waals surface area contributed by atoms with E-state index in [1.54, 1.807) is 41.3 Å². The third-order valence-corrected chi connectivity index (χ3v) is 6.84. The molecule has 9 heteroatoms. The maximum atomic E-state index is 13.5. The molecule has 0 aliphatic rings. The Bertz CT molecular complexity index is 1280. The van der Waals surface area contributed by atoms with Crippen LogP contribution in [0.25, 0.3) is 0 Å². The van der Waals surface area contributed by atoms with Crippen molar-refractivity contribution in [2.75, 3.05) is 14.2 Å². The molecule has 35 heavy (non-hydrogen) atoms. The second-order valence-electron chi connectivity index (χ2n) is 7.90. The molecule has 0 fully saturated rings. The molecule has 1 atom stereocenters. The first-order chi connectivity index (χ1) is 16.7. The van der Waals surface area contributed by atoms with Crippen molar-refractivity contribution in [3.8, 4) is 17.2 Å². The van der Waals surface area contributed by atoms with Gasteiger partial charge in [0.05, 0.1) is 19.8 Å². The van der Waals surface area contributed by atoms with Gasteiger partial charge in [-0.1, -0.05) is 19.1 Å². The van der Waals surface area contributed by atoms with E-state index in [1.165, 1.54) is 20.3 Å². The van der Waals surface area contributed by atoms with E-state index >= 15 is 0 Å². The van der Waals surface area contributed by atoms with Crippen molar-refractivity contribution < 1.29 is 31.3 Å². The second kappa shape index (κ2) is 11.2. The number of ether oxygens (including phenoxy) is 2. The molecule has 0 saturated carbocycles. The van der Waals surface area contributed by atoms with E-state index < -0.39 is 15.9 Å². The minimum atomic E-state index is -4.15. The van der Waals surface area contributed by atoms with Crippen LogP contribution in [0.5, 0.6) is 17.2 Å². The number of benzene rings is 3. The van der Waals surface area contributed by atoms with Gasteiger partial charge >= 0.3 is 10.1 Å². The molecule has 0 aliphatic heterocycles. The topological polar surface area (TPSA) is 82.1 Å². The summed E-state index contributed by atoms with van der Waals surface area (Å²) in [5, 5.41) is 0. The van der Waals surface area contributed by atoms with E-state index in [9.17, 15) is 17.6 Å². The third-order valence-electron chi connectivity index (χ3n) is 5.58. The number of hydrogen-bond acceptors (Lipinski definition) is 6. The van der Waals surface area contributed by atoms with Crippen molar-refractivity contribution in [2.24, 2.45) is 0 Å². The SMILES string of the molecule is CC[C@H](C)N(Cc1cccc(OS(=O)(=O)c2ccc(F)cc2)c1)C(=O)c1ccc(OC)cc1OC. The Hall–Kier alpha value is -3.59. The number of methoxy groups -OCH3 is 2. The van der Waals surface area contributed by atoms with E-state index in [4.69, 9.17) is 13.7 Å². The summed E-state index contributed by atoms with van der Waals surface area (Å²) in [7, 11) is -1.12. The Morgan fingerprint density at radius 3 is 2.31 bits per heavy atom. The van der Waals surface area contributed by atoms with Gasteiger partial charge in [0.2, 0.25) is 0 Å². The molecule has 0 heterocycles. The summed E-state index contributed by atoms with van der Waals surface area (Å²) in [6.07, 6.45) is 0.708. The maximum absolute atomic E-state index is 13.5. The van der Waals surface area contributed by atoms with Gasteiger partial charge in [-0.25, -0.2) is 4.39 Å². The van der Waals surface area contributed by atoms with Gasteiger partial charge < -0.3 is 18.6 Å². The van der Waals surface area contributed by atoms with Gasteiger partial charge in [0.1, 0.15) is 28.0 Å². The highest BCUT2D eigenvalue weighted by Gasteiger charge is 2.24. The Balaban J connectivity index is 1.87. The molecule has 0 N–H and O–H groups in total. The van der Waals surface area contributed by atoms with Gasteiger partial charge in [0.15, 0.2) is 0 Å². The van der Waals surface area contributed by atoms with E-state index in [0.717, 1.165) is 24.3 Å². The Kier molecular flexibility index (Phi) is 8.34. The van der Waals surface area contributed by atoms with Crippen molar-refractivity contribution in [3.05, 3.63) is 83.7 Å². The van der Waals surface area contributed by atoms with Crippen LogP contribution in [0.4, 0.5) is 4.39 Å². The van der Waals surface area contributed by atoms with Crippen molar-refractivity contribution in [2.45, 2.75) is 37.8 Å². The fourth-order valence-corrected chi connectivity index (χ4v) is 4.37. The van der Waals surface area contributed by atoms with E-state index in [0.29, 0.717) is 29.0 Å². The van der Waals surface area contributed by atoms with Crippen LogP contribution in [-0.4, -0.2) is 39.5 Å². The maximum Gasteiger partial charge on any atom is 0.339 e. The lowest BCUT2D eigenvalue weighted by molar-refractivity contribution is 0.0668. The molecular formula is C26H28FNO6S. The summed E-state index contributed by atoms with van der Waals surface area (Å²) in [5.74, 6) is 0.273. The summed E-state index contributed by atoms with van der Waals surface area (Å²) in [6, 6.07) is 15.8. The molecule has 0 unspecified atom stereocenters. The average molecular weight is 502 g/mol. The summed E-state index contributed by atoms with van der Waals surface area (Å²) < 4.78 is 54.2. The molecule has 3 rings (SSSR count). The van der Waals surface area contributed by atoms with Crippen LogP contribution in [0.15, 0.2) is 71.6 Å². The molecule has 3 aromatic carbocycles. The summed E-state index contributed by atoms with van der Waals surface area (Å²) in [5.41, 5.74) is 1.07. The molecule has 3 aromatic rings. The lowest BCUT2D eigenvalue weighted by atomic mass is 10.1. The zero-order valence-electron chi connectivity index (χ0n) is 20.0. The van der Waals surface area contributed by atoms with Crippen molar-refractivity contribution in [1.82, 2.24) is 4.90 Å². The largest absolute Gasteiger partial charge is 0.497 e. The highest BCUT2D eigenvalue weighted by molar-refractivity contribution is 7.87. The van der Waals surface area contributed by atoms with Crippen LogP contribution in [0.1, 0.15) is 36.2 Å². The summed E-state index contributed by atoms with van der Waals surface area (Å²) in [6.45, 7) is 4.13. The van der Waals surface area contributed by atoms with Crippen molar-refractivity contribution >= 4 is 16.0 Å². The van der Waals surface area contributed by atoms with Crippen LogP contribution in [0.3, 0.4) is 0 Å². The zero-order valence-corrected chi connectivity index (χ0v) is 20.8. The minimum absolute atomic E-state index is 0.0883. The van der Waals surface area contributed by atoms with Gasteiger partial charge in [-0.15, -0.1) is 0 Å². The van der Waals surface area contributed by atoms with E-state index in [1.807, 2.05) is 13.8 Å². The average Bonchev–Trinajstić information content (AvgIpc) is 2.86. The standard InChI is InChI=1S/C26H28FNO6S/c1-5-18(2)28(26(29)24-14-11-21(32-3)16-25(24)33-4)17-19-7-6-8-22(15-19)34-35(30,31)23-12-9-20(27)10-13-23/h6-16,18H,5,17H2,1-4H3/t18-/m0/s1. The second-order valence-corrected chi connectivity index (χ2v) is 9.44. The molecule has 0 bridgehead atoms. The van der Waals surface area contributed by atoms with E-state index in [-0.39, 0.29) is 29.1 Å². The number of carbonyl (C=O) groups is 1. The molecule has 7 nitrogen and oxygen atoms in total. The molecule has 0 aliphatic carbocycles. The summed E-state index contributed by atoms with van der Waals surface area (Å²) in [4.78, 5) is 15.0. The van der Waals surface area contributed by atoms with Gasteiger partial charge in [0, 0.05) is 18.7 Å². The number of nitrogens with zero attached hydrogens (tertiary/aromatic N) is 1. The lowest BCUT2D eigenvalue weighted by Gasteiger charge is -2.29. The smallest absolute Gasteiger partial charge is 0.339 e. The normalized spacial score (nSPS) is 12.0. The van der Waals surface area contributed by atoms with E-state index in [2.05, 4.69) is 0 Å². The van der Waals surface area contributed by atoms with Gasteiger partial charge in [0.25, 0.3) is 5.91 Å². The van der Waals surface area contributed by atoms with Crippen LogP contribution in [-0.2, 0) is 16.7 Å². The Morgan fingerprint density at radius 2 is 1.69 bits per heavy atom. The molecule has 0 saturated heterocycles. The highest BCUT2D eigenvalue weighted by atomic mass is 32.2. The number of carbonyl (C=O) groups excluding carboxylic acids is 1. The minimum Gasteiger partial charge on any atom is -0.497 e. The highest BCUT2D eigenvalue weighted by Crippen LogP contribution is 2.28. The summed E-state index contributed by atoms with van der Waals surface area (Å²) >= 11 is 0. The molecule has 0 aromatic heterocycles. The van der Waals surface area contributed by atoms with Crippen LogP contribution in [0, 0.1) is 5.82 Å². The molecule has 1 amide bonds. The third kappa shape index (κ3) is 6.30.